The summed E-state index contributed by atoms with van der Waals surface area (Å²) in [6.45, 7) is 0. The van der Waals surface area contributed by atoms with Gasteiger partial charge in [-0.25, -0.2) is 0 Å². The molecule has 0 aliphatic heterocycles. The summed E-state index contributed by atoms with van der Waals surface area (Å²) < 4.78 is 0. The van der Waals surface area contributed by atoms with Crippen molar-refractivity contribution in [3.63, 3.8) is 0 Å². The fourth-order valence-corrected chi connectivity index (χ4v) is 4.75. The summed E-state index contributed by atoms with van der Waals surface area (Å²) in [7, 11) is 0. The normalized spacial score (nSPS) is 9.68. The quantitative estimate of drug-likeness (QED) is 0.161. The van der Waals surface area contributed by atoms with E-state index in [1.54, 1.807) is 12.4 Å². The van der Waals surface area contributed by atoms with Crippen LogP contribution < -0.4 is 0 Å². The van der Waals surface area contributed by atoms with Gasteiger partial charge in [0.2, 0.25) is 0 Å². The van der Waals surface area contributed by atoms with Crippen LogP contribution in [0.1, 0.15) is 0 Å². The van der Waals surface area contributed by atoms with Crippen molar-refractivity contribution in [2.75, 3.05) is 0 Å². The van der Waals surface area contributed by atoms with Crippen LogP contribution in [0.15, 0.2) is 182 Å². The zero-order chi connectivity index (χ0) is 32.6. The van der Waals surface area contributed by atoms with E-state index >= 15 is 0 Å². The Kier molecular flexibility index (Phi) is 15.4. The van der Waals surface area contributed by atoms with E-state index in [1.807, 2.05) is 146 Å². The smallest absolute Gasteiger partial charge is 0.295 e. The molecular weight excluding hydrogens is 975 g/mol. The number of hydrogen-bond acceptors (Lipinski definition) is 4. The van der Waals surface area contributed by atoms with Crippen LogP contribution >= 0.6 is 0 Å². The molecule has 0 aliphatic rings. The second kappa shape index (κ2) is 20.4. The predicted octanol–water partition coefficient (Wildman–Crippen LogP) is 10.2. The van der Waals surface area contributed by atoms with E-state index in [9.17, 15) is 0 Å². The van der Waals surface area contributed by atoms with E-state index < -0.39 is 0 Å². The summed E-state index contributed by atoms with van der Waals surface area (Å²) in [5.74, 6) is 0. The molecule has 0 aliphatic carbocycles. The van der Waals surface area contributed by atoms with Gasteiger partial charge in [0.05, 0.1) is 22.8 Å². The molecule has 4 aromatic carbocycles. The average molecular weight is 1000 g/mol. The number of pyridine rings is 4. The minimum absolute atomic E-state index is 0. The first-order valence-electron chi connectivity index (χ1n) is 15.5. The van der Waals surface area contributed by atoms with Gasteiger partial charge in [0, 0.05) is 12.4 Å². The van der Waals surface area contributed by atoms with Crippen molar-refractivity contribution in [2.24, 2.45) is 0 Å². The van der Waals surface area contributed by atoms with Crippen LogP contribution in [0.4, 0.5) is 0 Å². The zero-order valence-corrected chi connectivity index (χ0v) is 31.3. The summed E-state index contributed by atoms with van der Waals surface area (Å²) in [6.07, 6.45) is 3.57. The predicted molar refractivity (Wildman–Crippen MR) is 193 cm³/mol. The van der Waals surface area contributed by atoms with E-state index in [1.165, 1.54) is 0 Å². The number of hydrogen-bond donors (Lipinski definition) is 0. The molecule has 4 heterocycles. The van der Waals surface area contributed by atoms with Crippen molar-refractivity contribution in [3.8, 4) is 56.4 Å². The Morgan fingerprint density at radius 1 is 0.340 bits per heavy atom. The van der Waals surface area contributed by atoms with Gasteiger partial charge in [0.1, 0.15) is 0 Å². The monoisotopic (exact) mass is 1000 g/mol. The molecule has 0 unspecified atom stereocenters. The molecule has 0 bridgehead atoms. The van der Waals surface area contributed by atoms with Gasteiger partial charge in [-0.3, -0.25) is 19.9 Å². The summed E-state index contributed by atoms with van der Waals surface area (Å²) in [5.41, 5.74) is 8.74. The number of benzene rings is 4. The van der Waals surface area contributed by atoms with Crippen LogP contribution in [0.25, 0.3) is 56.4 Å². The Morgan fingerprint density at radius 3 is 1.02 bits per heavy atom. The van der Waals surface area contributed by atoms with Gasteiger partial charge in [0.15, 0.2) is 0 Å². The minimum atomic E-state index is 0. The minimum Gasteiger partial charge on any atom is -0.295 e. The molecule has 8 rings (SSSR count). The molecule has 0 saturated heterocycles. The second-order valence-corrected chi connectivity index (χ2v) is 10.4. The van der Waals surface area contributed by atoms with Gasteiger partial charge < -0.3 is 0 Å². The summed E-state index contributed by atoms with van der Waals surface area (Å²) in [5, 5.41) is 0. The van der Waals surface area contributed by atoms with E-state index in [-0.39, 0.29) is 42.1 Å². The molecule has 6 heteroatoms. The fourth-order valence-electron chi connectivity index (χ4n) is 4.75. The van der Waals surface area contributed by atoms with E-state index in [4.69, 9.17) is 9.97 Å². The molecule has 0 N–H and O–H groups in total. The first kappa shape index (κ1) is 37.7. The Bertz CT molecular complexity index is 1780. The Morgan fingerprint density at radius 2 is 0.720 bits per heavy atom. The van der Waals surface area contributed by atoms with E-state index in [2.05, 4.69) is 58.5 Å². The van der Waals surface area contributed by atoms with Crippen molar-refractivity contribution in [2.45, 2.75) is 0 Å². The molecule has 4 aromatic heterocycles. The van der Waals surface area contributed by atoms with Crippen LogP contribution in [-0.2, 0) is 42.1 Å². The van der Waals surface area contributed by atoms with Crippen molar-refractivity contribution in [1.29, 1.82) is 0 Å². The molecule has 246 valence electrons. The van der Waals surface area contributed by atoms with Gasteiger partial charge in [-0.2, -0.15) is 72.8 Å². The largest absolute Gasteiger partial charge is 2.00 e. The summed E-state index contributed by atoms with van der Waals surface area (Å²) in [6, 6.07) is 67.4. The number of rotatable bonds is 5. The zero-order valence-electron chi connectivity index (χ0n) is 26.7. The van der Waals surface area contributed by atoms with Gasteiger partial charge in [-0.15, -0.1) is 71.8 Å². The molecule has 0 spiro atoms. The van der Waals surface area contributed by atoms with E-state index in [0.717, 1.165) is 56.4 Å². The molecule has 8 aromatic rings. The van der Waals surface area contributed by atoms with Crippen LogP contribution in [-0.4, -0.2) is 19.9 Å². The van der Waals surface area contributed by atoms with Gasteiger partial charge in [0.25, 0.3) is 0 Å². The third-order valence-corrected chi connectivity index (χ3v) is 7.02. The maximum absolute atomic E-state index is 4.93. The Labute approximate surface area is 322 Å². The maximum atomic E-state index is 4.93. The van der Waals surface area contributed by atoms with Crippen LogP contribution in [0.3, 0.4) is 0 Å². The molecule has 0 amide bonds. The third kappa shape index (κ3) is 10.9. The summed E-state index contributed by atoms with van der Waals surface area (Å²) >= 11 is 0. The number of aromatic nitrogens is 4. The molecular formula is C44H30N4Pt2. The van der Waals surface area contributed by atoms with Crippen LogP contribution in [0, 0.1) is 24.3 Å². The Balaban J connectivity index is 0.000000339. The van der Waals surface area contributed by atoms with Crippen LogP contribution in [0.5, 0.6) is 0 Å². The molecule has 0 fully saturated rings. The van der Waals surface area contributed by atoms with E-state index in [0.29, 0.717) is 0 Å². The van der Waals surface area contributed by atoms with Gasteiger partial charge in [-0.1, -0.05) is 24.3 Å². The summed E-state index contributed by atoms with van der Waals surface area (Å²) in [4.78, 5) is 19.0. The standard InChI is InChI=1S/C32H20N4.2C6H5.2Pt/c1-3-11-23(12-4-1)29-19-25(21-31(35-29)27-15-7-9-17-33-27)26-20-30(24-13-5-2-6-14-24)36-32(22-26)28-16-8-10-18-34-28;2*1-2-4-6-5-3-1;;/h1-11,13,15-22H;2*1-5H;;/q-2;2*-1;2*+2. The molecule has 0 saturated carbocycles. The average Bonchev–Trinajstić information content (AvgIpc) is 3.21. The molecule has 50 heavy (non-hydrogen) atoms. The maximum Gasteiger partial charge on any atom is 2.00 e. The first-order valence-corrected chi connectivity index (χ1v) is 15.5. The van der Waals surface area contributed by atoms with Crippen molar-refractivity contribution < 1.29 is 42.1 Å². The second-order valence-electron chi connectivity index (χ2n) is 10.4. The topological polar surface area (TPSA) is 51.6 Å². The van der Waals surface area contributed by atoms with Crippen molar-refractivity contribution in [1.82, 2.24) is 19.9 Å². The molecule has 4 nitrogen and oxygen atoms in total. The molecule has 0 radical (unpaired) electrons. The number of nitrogens with zero attached hydrogens (tertiary/aromatic N) is 4. The SMILES string of the molecule is [Pt+2].[Pt+2].[c-]1ccccc1.[c-]1ccccc1.[c-]1ccccc1-c1cc(-c2cc(-c3[c-]cccc3)nc(-c3ccccn3)c2)cc(-c2ccccn2)n1. The third-order valence-electron chi connectivity index (χ3n) is 7.02. The van der Waals surface area contributed by atoms with Crippen LogP contribution in [0.2, 0.25) is 0 Å². The van der Waals surface area contributed by atoms with Crippen molar-refractivity contribution >= 4 is 0 Å². The van der Waals surface area contributed by atoms with Gasteiger partial charge >= 0.3 is 42.1 Å². The van der Waals surface area contributed by atoms with Crippen molar-refractivity contribution in [3.05, 3.63) is 207 Å². The molecule has 0 atom stereocenters. The fraction of sp³-hybridized carbons (Fsp3) is 0. The van der Waals surface area contributed by atoms with Gasteiger partial charge in [-0.05, 0) is 58.9 Å². The Hall–Kier alpha value is -5.14. The first-order chi connectivity index (χ1) is 23.8.